The summed E-state index contributed by atoms with van der Waals surface area (Å²) in [5, 5.41) is 11.7. The number of halogens is 1. The number of nitrogens with zero attached hydrogens (tertiary/aromatic N) is 2. The van der Waals surface area contributed by atoms with Crippen molar-refractivity contribution in [2.45, 2.75) is 6.42 Å². The zero-order valence-corrected chi connectivity index (χ0v) is 12.4. The number of nitrogens with two attached hydrogens (primary N) is 1. The Hall–Kier alpha value is -1.27. The topological polar surface area (TPSA) is 71.1 Å². The first-order valence-corrected chi connectivity index (χ1v) is 6.96. The van der Waals surface area contributed by atoms with Crippen LogP contribution in [-0.4, -0.2) is 37.8 Å². The van der Waals surface area contributed by atoms with Gasteiger partial charge in [0, 0.05) is 41.8 Å². The van der Waals surface area contributed by atoms with Gasteiger partial charge in [0.15, 0.2) is 5.84 Å². The molecule has 3 N–H and O–H groups in total. The molecule has 1 aliphatic heterocycles. The molecule has 0 radical (unpaired) electrons. The lowest BCUT2D eigenvalue weighted by atomic mass is 10.1. The van der Waals surface area contributed by atoms with E-state index in [9.17, 15) is 0 Å². The van der Waals surface area contributed by atoms with Crippen molar-refractivity contribution in [1.82, 2.24) is 0 Å². The lowest BCUT2D eigenvalue weighted by Crippen LogP contribution is -2.21. The van der Waals surface area contributed by atoms with Crippen LogP contribution >= 0.6 is 15.9 Å². The fourth-order valence-electron chi connectivity index (χ4n) is 2.40. The molecule has 0 saturated carbocycles. The molecule has 1 aliphatic rings. The summed E-state index contributed by atoms with van der Waals surface area (Å²) < 4.78 is 6.03. The molecule has 1 saturated heterocycles. The van der Waals surface area contributed by atoms with Crippen LogP contribution in [0.5, 0.6) is 0 Å². The maximum Gasteiger partial charge on any atom is 0.171 e. The Bertz CT molecular complexity index is 479. The molecule has 2 rings (SSSR count). The molecule has 6 heteroatoms. The summed E-state index contributed by atoms with van der Waals surface area (Å²) in [6.45, 7) is 2.84. The van der Waals surface area contributed by atoms with Crippen LogP contribution in [0.4, 0.5) is 5.69 Å². The maximum atomic E-state index is 8.71. The number of hydrogen-bond donors (Lipinski definition) is 2. The van der Waals surface area contributed by atoms with E-state index in [4.69, 9.17) is 15.7 Å². The van der Waals surface area contributed by atoms with Crippen molar-refractivity contribution in [3.8, 4) is 0 Å². The van der Waals surface area contributed by atoms with Crippen molar-refractivity contribution >= 4 is 27.5 Å². The van der Waals surface area contributed by atoms with Crippen LogP contribution in [0.1, 0.15) is 12.0 Å². The molecule has 19 heavy (non-hydrogen) atoms. The summed E-state index contributed by atoms with van der Waals surface area (Å²) in [6, 6.07) is 5.86. The minimum absolute atomic E-state index is 0.108. The van der Waals surface area contributed by atoms with E-state index >= 15 is 0 Å². The molecule has 0 aromatic heterocycles. The smallest absolute Gasteiger partial charge is 0.171 e. The van der Waals surface area contributed by atoms with E-state index in [-0.39, 0.29) is 5.84 Å². The number of amidine groups is 1. The second-order valence-electron chi connectivity index (χ2n) is 4.71. The molecular formula is C13H18BrN3O2. The SMILES string of the molecule is COCC1CCN(c2ccc(/C(N)=N/O)c(Br)c2)C1. The third-order valence-corrected chi connectivity index (χ3v) is 4.05. The monoisotopic (exact) mass is 327 g/mol. The predicted octanol–water partition coefficient (Wildman–Crippen LogP) is 2.02. The molecule has 5 nitrogen and oxygen atoms in total. The number of anilines is 1. The second kappa shape index (κ2) is 6.25. The lowest BCUT2D eigenvalue weighted by molar-refractivity contribution is 0.161. The van der Waals surface area contributed by atoms with Gasteiger partial charge >= 0.3 is 0 Å². The number of rotatable bonds is 4. The normalized spacial score (nSPS) is 20.0. The molecule has 104 valence electrons. The Morgan fingerprint density at radius 1 is 1.63 bits per heavy atom. The van der Waals surface area contributed by atoms with E-state index < -0.39 is 0 Å². The average molecular weight is 328 g/mol. The Morgan fingerprint density at radius 3 is 3.05 bits per heavy atom. The van der Waals surface area contributed by atoms with E-state index in [0.717, 1.165) is 36.3 Å². The molecule has 1 heterocycles. The molecule has 1 fully saturated rings. The first kappa shape index (κ1) is 14.1. The standard InChI is InChI=1S/C13H18BrN3O2/c1-19-8-9-4-5-17(7-9)10-2-3-11(12(14)6-10)13(15)16-18/h2-3,6,9,18H,4-5,7-8H2,1H3,(H2,15,16). The number of oxime groups is 1. The van der Waals surface area contributed by atoms with Crippen molar-refractivity contribution in [1.29, 1.82) is 0 Å². The highest BCUT2D eigenvalue weighted by atomic mass is 79.9. The van der Waals surface area contributed by atoms with E-state index in [0.29, 0.717) is 11.5 Å². The van der Waals surface area contributed by atoms with Gasteiger partial charge in [-0.2, -0.15) is 0 Å². The first-order valence-electron chi connectivity index (χ1n) is 6.17. The summed E-state index contributed by atoms with van der Waals surface area (Å²) in [7, 11) is 1.74. The zero-order valence-electron chi connectivity index (χ0n) is 10.8. The predicted molar refractivity (Wildman–Crippen MR) is 78.8 cm³/mol. The van der Waals surface area contributed by atoms with E-state index in [1.165, 1.54) is 0 Å². The summed E-state index contributed by atoms with van der Waals surface area (Å²) in [6.07, 6.45) is 1.15. The summed E-state index contributed by atoms with van der Waals surface area (Å²) in [4.78, 5) is 2.32. The highest BCUT2D eigenvalue weighted by Crippen LogP contribution is 2.28. The second-order valence-corrected chi connectivity index (χ2v) is 5.56. The minimum Gasteiger partial charge on any atom is -0.409 e. The van der Waals surface area contributed by atoms with Crippen LogP contribution in [0.25, 0.3) is 0 Å². The van der Waals surface area contributed by atoms with Gasteiger partial charge in [0.2, 0.25) is 0 Å². The minimum atomic E-state index is 0.108. The van der Waals surface area contributed by atoms with Gasteiger partial charge < -0.3 is 20.6 Å². The lowest BCUT2D eigenvalue weighted by Gasteiger charge is -2.19. The van der Waals surface area contributed by atoms with E-state index in [1.54, 1.807) is 7.11 Å². The zero-order chi connectivity index (χ0) is 13.8. The molecule has 0 bridgehead atoms. The third kappa shape index (κ3) is 3.19. The fraction of sp³-hybridized carbons (Fsp3) is 0.462. The van der Waals surface area contributed by atoms with Gasteiger partial charge in [-0.05, 0) is 40.5 Å². The number of ether oxygens (including phenoxy) is 1. The third-order valence-electron chi connectivity index (χ3n) is 3.39. The van der Waals surface area contributed by atoms with Gasteiger partial charge in [-0.25, -0.2) is 0 Å². The molecule has 1 unspecified atom stereocenters. The highest BCUT2D eigenvalue weighted by Gasteiger charge is 2.23. The molecule has 0 spiro atoms. The largest absolute Gasteiger partial charge is 0.409 e. The molecule has 0 aliphatic carbocycles. The van der Waals surface area contributed by atoms with Gasteiger partial charge in [0.1, 0.15) is 0 Å². The first-order chi connectivity index (χ1) is 9.15. The van der Waals surface area contributed by atoms with Crippen molar-refractivity contribution in [3.05, 3.63) is 28.2 Å². The molecule has 1 aromatic rings. The maximum absolute atomic E-state index is 8.71. The molecular weight excluding hydrogens is 310 g/mol. The van der Waals surface area contributed by atoms with Gasteiger partial charge in [0.25, 0.3) is 0 Å². The number of benzene rings is 1. The van der Waals surface area contributed by atoms with Crippen molar-refractivity contribution in [3.63, 3.8) is 0 Å². The van der Waals surface area contributed by atoms with Crippen LogP contribution < -0.4 is 10.6 Å². The van der Waals surface area contributed by atoms with Crippen LogP contribution in [-0.2, 0) is 4.74 Å². The summed E-state index contributed by atoms with van der Waals surface area (Å²) in [5.74, 6) is 0.699. The van der Waals surface area contributed by atoms with Crippen LogP contribution in [0.3, 0.4) is 0 Å². The van der Waals surface area contributed by atoms with Gasteiger partial charge in [-0.3, -0.25) is 0 Å². The van der Waals surface area contributed by atoms with E-state index in [2.05, 4.69) is 26.0 Å². The van der Waals surface area contributed by atoms with Crippen LogP contribution in [0, 0.1) is 5.92 Å². The van der Waals surface area contributed by atoms with E-state index in [1.807, 2.05) is 18.2 Å². The highest BCUT2D eigenvalue weighted by molar-refractivity contribution is 9.10. The molecule has 1 aromatic carbocycles. The van der Waals surface area contributed by atoms with Gasteiger partial charge in [-0.1, -0.05) is 5.16 Å². The van der Waals surface area contributed by atoms with Crippen molar-refractivity contribution in [2.24, 2.45) is 16.8 Å². The summed E-state index contributed by atoms with van der Waals surface area (Å²) >= 11 is 3.46. The quantitative estimate of drug-likeness (QED) is 0.384. The Kier molecular flexibility index (Phi) is 4.66. The number of hydrogen-bond acceptors (Lipinski definition) is 4. The fourth-order valence-corrected chi connectivity index (χ4v) is 2.97. The Morgan fingerprint density at radius 2 is 2.42 bits per heavy atom. The van der Waals surface area contributed by atoms with Crippen LogP contribution in [0.2, 0.25) is 0 Å². The Balaban J connectivity index is 2.13. The molecule has 0 amide bonds. The van der Waals surface area contributed by atoms with Crippen molar-refractivity contribution in [2.75, 3.05) is 31.7 Å². The number of methoxy groups -OCH3 is 1. The average Bonchev–Trinajstić information content (AvgIpc) is 2.87. The van der Waals surface area contributed by atoms with Crippen LogP contribution in [0.15, 0.2) is 27.8 Å². The van der Waals surface area contributed by atoms with Gasteiger partial charge in [-0.15, -0.1) is 0 Å². The summed E-state index contributed by atoms with van der Waals surface area (Å²) in [5.41, 5.74) is 7.43. The van der Waals surface area contributed by atoms with Gasteiger partial charge in [0.05, 0.1) is 6.61 Å². The van der Waals surface area contributed by atoms with Crippen molar-refractivity contribution < 1.29 is 9.94 Å². The Labute approximate surface area is 121 Å². The molecule has 1 atom stereocenters.